The number of carbonyl (C=O) groups excluding carboxylic acids is 1. The van der Waals surface area contributed by atoms with E-state index in [0.29, 0.717) is 18.8 Å². The molecule has 3 rings (SSSR count). The first kappa shape index (κ1) is 16.3. The summed E-state index contributed by atoms with van der Waals surface area (Å²) in [5, 5.41) is 6.04. The quantitative estimate of drug-likeness (QED) is 0.791. The van der Waals surface area contributed by atoms with Crippen molar-refractivity contribution in [2.75, 3.05) is 36.4 Å². The number of aromatic nitrogens is 2. The van der Waals surface area contributed by atoms with Crippen LogP contribution in [0.5, 0.6) is 0 Å². The van der Waals surface area contributed by atoms with Crippen LogP contribution < -0.4 is 15.5 Å². The van der Waals surface area contributed by atoms with Gasteiger partial charge in [0.25, 0.3) is 5.91 Å². The van der Waals surface area contributed by atoms with Gasteiger partial charge < -0.3 is 20.0 Å². The van der Waals surface area contributed by atoms with Crippen molar-refractivity contribution in [3.8, 4) is 0 Å². The fraction of sp³-hybridized carbons (Fsp3) is 0.471. The molecule has 128 valence electrons. The Hall–Kier alpha value is -2.57. The molecule has 1 aliphatic heterocycles. The third kappa shape index (κ3) is 4.24. The summed E-state index contributed by atoms with van der Waals surface area (Å²) in [4.78, 5) is 23.0. The molecule has 24 heavy (non-hydrogen) atoms. The van der Waals surface area contributed by atoms with Crippen LogP contribution in [0.25, 0.3) is 0 Å². The first-order valence-corrected chi connectivity index (χ1v) is 8.38. The highest BCUT2D eigenvalue weighted by molar-refractivity contribution is 5.91. The summed E-state index contributed by atoms with van der Waals surface area (Å²) in [5.74, 6) is 2.62. The highest BCUT2D eigenvalue weighted by Crippen LogP contribution is 2.20. The predicted octanol–water partition coefficient (Wildman–Crippen LogP) is 2.21. The molecule has 7 nitrogen and oxygen atoms in total. The number of amides is 1. The van der Waals surface area contributed by atoms with E-state index in [1.807, 2.05) is 13.0 Å². The fourth-order valence-corrected chi connectivity index (χ4v) is 2.79. The zero-order valence-electron chi connectivity index (χ0n) is 13.9. The lowest BCUT2D eigenvalue weighted by Crippen LogP contribution is -2.31. The van der Waals surface area contributed by atoms with Crippen molar-refractivity contribution in [3.63, 3.8) is 0 Å². The second kappa shape index (κ2) is 7.81. The number of carbonyl (C=O) groups is 1. The van der Waals surface area contributed by atoms with E-state index in [-0.39, 0.29) is 5.91 Å². The summed E-state index contributed by atoms with van der Waals surface area (Å²) >= 11 is 0. The molecule has 2 aromatic rings. The number of piperidine rings is 1. The Morgan fingerprint density at radius 3 is 2.83 bits per heavy atom. The summed E-state index contributed by atoms with van der Waals surface area (Å²) in [6.45, 7) is 5.07. The van der Waals surface area contributed by atoms with Gasteiger partial charge in [0.05, 0.1) is 6.26 Å². The molecule has 0 radical (unpaired) electrons. The molecule has 1 saturated heterocycles. The van der Waals surface area contributed by atoms with Gasteiger partial charge in [0.2, 0.25) is 0 Å². The molecule has 0 aromatic carbocycles. The second-order valence-corrected chi connectivity index (χ2v) is 5.87. The van der Waals surface area contributed by atoms with E-state index >= 15 is 0 Å². The average molecular weight is 329 g/mol. The van der Waals surface area contributed by atoms with Crippen LogP contribution in [-0.4, -0.2) is 42.1 Å². The van der Waals surface area contributed by atoms with Gasteiger partial charge in [-0.2, -0.15) is 0 Å². The SMILES string of the molecule is Cc1nc(NCCNC(=O)c2ccco2)cc(N2CCCCC2)n1. The van der Waals surface area contributed by atoms with Gasteiger partial charge in [-0.1, -0.05) is 0 Å². The first-order valence-electron chi connectivity index (χ1n) is 8.38. The molecule has 0 atom stereocenters. The molecular weight excluding hydrogens is 306 g/mol. The van der Waals surface area contributed by atoms with Crippen LogP contribution in [0, 0.1) is 6.92 Å². The number of nitrogens with zero attached hydrogens (tertiary/aromatic N) is 3. The van der Waals surface area contributed by atoms with Crippen molar-refractivity contribution in [2.45, 2.75) is 26.2 Å². The molecule has 2 N–H and O–H groups in total. The minimum Gasteiger partial charge on any atom is -0.459 e. The summed E-state index contributed by atoms with van der Waals surface area (Å²) in [6.07, 6.45) is 5.20. The van der Waals surface area contributed by atoms with Gasteiger partial charge in [-0.3, -0.25) is 4.79 Å². The summed E-state index contributed by atoms with van der Waals surface area (Å²) in [7, 11) is 0. The van der Waals surface area contributed by atoms with E-state index in [1.54, 1.807) is 12.1 Å². The predicted molar refractivity (Wildman–Crippen MR) is 92.4 cm³/mol. The summed E-state index contributed by atoms with van der Waals surface area (Å²) in [5.41, 5.74) is 0. The number of aryl methyl sites for hydroxylation is 1. The van der Waals surface area contributed by atoms with Crippen LogP contribution in [0.1, 0.15) is 35.6 Å². The largest absolute Gasteiger partial charge is 0.459 e. The monoisotopic (exact) mass is 329 g/mol. The standard InChI is InChI=1S/C17H23N5O2/c1-13-20-15(12-16(21-13)22-9-3-2-4-10-22)18-7-8-19-17(23)14-6-5-11-24-14/h5-6,11-12H,2-4,7-10H2,1H3,(H,19,23)(H,18,20,21). The van der Waals surface area contributed by atoms with E-state index in [4.69, 9.17) is 4.42 Å². The van der Waals surface area contributed by atoms with Crippen molar-refractivity contribution in [3.05, 3.63) is 36.0 Å². The smallest absolute Gasteiger partial charge is 0.287 e. The van der Waals surface area contributed by atoms with Crippen molar-refractivity contribution < 1.29 is 9.21 Å². The van der Waals surface area contributed by atoms with Gasteiger partial charge in [-0.25, -0.2) is 9.97 Å². The molecule has 0 saturated carbocycles. The molecule has 0 bridgehead atoms. The third-order valence-electron chi connectivity index (χ3n) is 3.97. The molecule has 1 fully saturated rings. The number of rotatable bonds is 6. The number of furan rings is 1. The molecule has 0 spiro atoms. The van der Waals surface area contributed by atoms with E-state index < -0.39 is 0 Å². The third-order valence-corrected chi connectivity index (χ3v) is 3.97. The van der Waals surface area contributed by atoms with Crippen LogP contribution >= 0.6 is 0 Å². The van der Waals surface area contributed by atoms with E-state index in [9.17, 15) is 4.79 Å². The van der Waals surface area contributed by atoms with Crippen molar-refractivity contribution in [1.82, 2.24) is 15.3 Å². The Bertz CT molecular complexity index is 666. The van der Waals surface area contributed by atoms with Gasteiger partial charge in [0.15, 0.2) is 5.76 Å². The van der Waals surface area contributed by atoms with Gasteiger partial charge in [0.1, 0.15) is 17.5 Å². The van der Waals surface area contributed by atoms with E-state index in [1.165, 1.54) is 25.5 Å². The minimum atomic E-state index is -0.213. The van der Waals surface area contributed by atoms with Crippen molar-refractivity contribution >= 4 is 17.5 Å². The maximum atomic E-state index is 11.8. The normalized spacial score (nSPS) is 14.5. The lowest BCUT2D eigenvalue weighted by Gasteiger charge is -2.28. The molecule has 1 aliphatic rings. The Morgan fingerprint density at radius 2 is 2.08 bits per heavy atom. The van der Waals surface area contributed by atoms with Crippen molar-refractivity contribution in [2.24, 2.45) is 0 Å². The maximum Gasteiger partial charge on any atom is 0.287 e. The van der Waals surface area contributed by atoms with Crippen LogP contribution in [0.4, 0.5) is 11.6 Å². The molecular formula is C17H23N5O2. The lowest BCUT2D eigenvalue weighted by molar-refractivity contribution is 0.0927. The molecule has 7 heteroatoms. The highest BCUT2D eigenvalue weighted by atomic mass is 16.3. The first-order chi connectivity index (χ1) is 11.7. The molecule has 0 unspecified atom stereocenters. The minimum absolute atomic E-state index is 0.213. The zero-order valence-corrected chi connectivity index (χ0v) is 13.9. The van der Waals surface area contributed by atoms with Gasteiger partial charge >= 0.3 is 0 Å². The van der Waals surface area contributed by atoms with E-state index in [0.717, 1.165) is 30.5 Å². The topological polar surface area (TPSA) is 83.3 Å². The molecule has 2 aromatic heterocycles. The number of hydrogen-bond acceptors (Lipinski definition) is 6. The molecule has 3 heterocycles. The number of nitrogens with one attached hydrogen (secondary N) is 2. The van der Waals surface area contributed by atoms with Crippen LogP contribution in [0.2, 0.25) is 0 Å². The zero-order chi connectivity index (χ0) is 16.8. The number of anilines is 2. The number of hydrogen-bond donors (Lipinski definition) is 2. The summed E-state index contributed by atoms with van der Waals surface area (Å²) < 4.78 is 5.05. The highest BCUT2D eigenvalue weighted by Gasteiger charge is 2.14. The second-order valence-electron chi connectivity index (χ2n) is 5.87. The van der Waals surface area contributed by atoms with Crippen LogP contribution in [-0.2, 0) is 0 Å². The average Bonchev–Trinajstić information content (AvgIpc) is 3.14. The van der Waals surface area contributed by atoms with Gasteiger partial charge in [0, 0.05) is 32.2 Å². The fourth-order valence-electron chi connectivity index (χ4n) is 2.79. The summed E-state index contributed by atoms with van der Waals surface area (Å²) in [6, 6.07) is 5.31. The lowest BCUT2D eigenvalue weighted by atomic mass is 10.1. The molecule has 1 amide bonds. The van der Waals surface area contributed by atoms with Crippen LogP contribution in [0.15, 0.2) is 28.9 Å². The Balaban J connectivity index is 1.51. The Kier molecular flexibility index (Phi) is 5.30. The van der Waals surface area contributed by atoms with E-state index in [2.05, 4.69) is 25.5 Å². The van der Waals surface area contributed by atoms with Gasteiger partial charge in [-0.15, -0.1) is 0 Å². The Labute approximate surface area is 141 Å². The maximum absolute atomic E-state index is 11.8. The van der Waals surface area contributed by atoms with Crippen LogP contribution in [0.3, 0.4) is 0 Å². The molecule has 0 aliphatic carbocycles. The Morgan fingerprint density at radius 1 is 1.25 bits per heavy atom. The van der Waals surface area contributed by atoms with Crippen molar-refractivity contribution in [1.29, 1.82) is 0 Å². The van der Waals surface area contributed by atoms with Gasteiger partial charge in [-0.05, 0) is 38.3 Å².